The van der Waals surface area contributed by atoms with E-state index in [4.69, 9.17) is 5.73 Å². The van der Waals surface area contributed by atoms with E-state index in [0.717, 1.165) is 22.8 Å². The average Bonchev–Trinajstić information content (AvgIpc) is 2.17. The maximum absolute atomic E-state index is 5.69. The molecule has 0 fully saturated rings. The molecule has 2 rings (SSSR count). The summed E-state index contributed by atoms with van der Waals surface area (Å²) in [5.41, 5.74) is 9.44. The lowest BCUT2D eigenvalue weighted by molar-refractivity contribution is 1.20. The lowest BCUT2D eigenvalue weighted by Gasteiger charge is -2.07. The summed E-state index contributed by atoms with van der Waals surface area (Å²) in [7, 11) is 0. The van der Waals surface area contributed by atoms with E-state index in [1.165, 1.54) is 0 Å². The maximum Gasteiger partial charge on any atom is 0.0417 e. The van der Waals surface area contributed by atoms with Crippen molar-refractivity contribution in [3.05, 3.63) is 48.3 Å². The molecule has 0 amide bonds. The summed E-state index contributed by atoms with van der Waals surface area (Å²) in [4.78, 5) is 4.13. The molecule has 0 radical (unpaired) electrons. The second-order valence-electron chi connectivity index (χ2n) is 3.44. The molecule has 0 aliphatic carbocycles. The summed E-state index contributed by atoms with van der Waals surface area (Å²) in [5.74, 6) is 0. The van der Waals surface area contributed by atoms with E-state index in [2.05, 4.69) is 10.3 Å². The largest absolute Gasteiger partial charge is 0.399 e. The van der Waals surface area contributed by atoms with Crippen molar-refractivity contribution in [1.29, 1.82) is 0 Å². The van der Waals surface area contributed by atoms with Crippen molar-refractivity contribution in [2.75, 3.05) is 11.1 Å². The molecule has 0 bridgehead atoms. The van der Waals surface area contributed by atoms with Crippen molar-refractivity contribution in [1.82, 2.24) is 4.98 Å². The third-order valence-electron chi connectivity index (χ3n) is 2.07. The fourth-order valence-corrected chi connectivity index (χ4v) is 1.41. The summed E-state index contributed by atoms with van der Waals surface area (Å²) in [6.07, 6.45) is 1.78. The fourth-order valence-electron chi connectivity index (χ4n) is 1.41. The van der Waals surface area contributed by atoms with Crippen LogP contribution in [0.25, 0.3) is 0 Å². The Morgan fingerprint density at radius 1 is 1.13 bits per heavy atom. The van der Waals surface area contributed by atoms with Gasteiger partial charge in [0, 0.05) is 29.0 Å². The number of nitrogen functional groups attached to an aromatic ring is 1. The zero-order valence-electron chi connectivity index (χ0n) is 8.57. The van der Waals surface area contributed by atoms with Gasteiger partial charge in [0.25, 0.3) is 0 Å². The number of benzene rings is 1. The minimum atomic E-state index is 0.755. The molecule has 0 aliphatic heterocycles. The lowest BCUT2D eigenvalue weighted by atomic mass is 10.2. The molecule has 0 saturated heterocycles. The number of rotatable bonds is 2. The van der Waals surface area contributed by atoms with E-state index in [1.54, 1.807) is 6.20 Å². The highest BCUT2D eigenvalue weighted by Crippen LogP contribution is 2.18. The van der Waals surface area contributed by atoms with Gasteiger partial charge in [-0.25, -0.2) is 0 Å². The van der Waals surface area contributed by atoms with Crippen LogP contribution >= 0.6 is 0 Å². The van der Waals surface area contributed by atoms with Crippen LogP contribution < -0.4 is 11.1 Å². The topological polar surface area (TPSA) is 50.9 Å². The van der Waals surface area contributed by atoms with Gasteiger partial charge in [0.15, 0.2) is 0 Å². The minimum absolute atomic E-state index is 0.755. The third-order valence-corrected chi connectivity index (χ3v) is 2.07. The molecule has 0 spiro atoms. The molecule has 3 N–H and O–H groups in total. The van der Waals surface area contributed by atoms with E-state index in [-0.39, 0.29) is 0 Å². The molecule has 3 nitrogen and oxygen atoms in total. The monoisotopic (exact) mass is 199 g/mol. The van der Waals surface area contributed by atoms with Gasteiger partial charge < -0.3 is 11.1 Å². The number of anilines is 3. The van der Waals surface area contributed by atoms with Crippen molar-refractivity contribution in [3.8, 4) is 0 Å². The summed E-state index contributed by atoms with van der Waals surface area (Å²) < 4.78 is 0. The average molecular weight is 199 g/mol. The van der Waals surface area contributed by atoms with Gasteiger partial charge in [-0.1, -0.05) is 6.07 Å². The van der Waals surface area contributed by atoms with Crippen LogP contribution in [0.1, 0.15) is 5.69 Å². The minimum Gasteiger partial charge on any atom is -0.399 e. The zero-order chi connectivity index (χ0) is 10.7. The van der Waals surface area contributed by atoms with E-state index >= 15 is 0 Å². The third kappa shape index (κ3) is 2.47. The van der Waals surface area contributed by atoms with Crippen LogP contribution in [0.15, 0.2) is 42.6 Å². The fraction of sp³-hybridized carbons (Fsp3) is 0.0833. The molecule has 0 aliphatic rings. The van der Waals surface area contributed by atoms with Crippen LogP contribution in [0.2, 0.25) is 0 Å². The lowest BCUT2D eigenvalue weighted by Crippen LogP contribution is -1.93. The number of hydrogen-bond acceptors (Lipinski definition) is 3. The second kappa shape index (κ2) is 4.00. The molecule has 2 aromatic rings. The Kier molecular flexibility index (Phi) is 2.54. The SMILES string of the molecule is Cc1cc(Nc2cccc(N)c2)ccn1. The molecule has 0 atom stereocenters. The van der Waals surface area contributed by atoms with Crippen molar-refractivity contribution < 1.29 is 0 Å². The van der Waals surface area contributed by atoms with Crippen molar-refractivity contribution >= 4 is 17.1 Å². The molecule has 1 heterocycles. The predicted molar refractivity (Wildman–Crippen MR) is 63.1 cm³/mol. The zero-order valence-corrected chi connectivity index (χ0v) is 8.57. The number of aryl methyl sites for hydroxylation is 1. The van der Waals surface area contributed by atoms with E-state index in [0.29, 0.717) is 0 Å². The first-order valence-electron chi connectivity index (χ1n) is 4.79. The summed E-state index contributed by atoms with van der Waals surface area (Å²) in [6, 6.07) is 11.6. The highest BCUT2D eigenvalue weighted by Gasteiger charge is 1.95. The summed E-state index contributed by atoms with van der Waals surface area (Å²) in [5, 5.41) is 3.27. The smallest absolute Gasteiger partial charge is 0.0417 e. The first-order valence-corrected chi connectivity index (χ1v) is 4.79. The van der Waals surface area contributed by atoms with Crippen LogP contribution in [-0.4, -0.2) is 4.98 Å². The van der Waals surface area contributed by atoms with Gasteiger partial charge in [-0.2, -0.15) is 0 Å². The summed E-state index contributed by atoms with van der Waals surface area (Å²) in [6.45, 7) is 1.96. The van der Waals surface area contributed by atoms with Gasteiger partial charge >= 0.3 is 0 Å². The van der Waals surface area contributed by atoms with Crippen molar-refractivity contribution in [2.24, 2.45) is 0 Å². The Balaban J connectivity index is 2.22. The Bertz CT molecular complexity index is 422. The second-order valence-corrected chi connectivity index (χ2v) is 3.44. The van der Waals surface area contributed by atoms with Crippen molar-refractivity contribution in [3.63, 3.8) is 0 Å². The molecular weight excluding hydrogens is 186 g/mol. The first kappa shape index (κ1) is 9.52. The van der Waals surface area contributed by atoms with Gasteiger partial charge in [0.05, 0.1) is 0 Å². The molecule has 76 valence electrons. The Labute approximate surface area is 89.0 Å². The van der Waals surface area contributed by atoms with Crippen LogP contribution in [-0.2, 0) is 0 Å². The Morgan fingerprint density at radius 3 is 2.67 bits per heavy atom. The van der Waals surface area contributed by atoms with E-state index in [1.807, 2.05) is 43.3 Å². The Morgan fingerprint density at radius 2 is 1.93 bits per heavy atom. The first-order chi connectivity index (χ1) is 7.24. The molecule has 15 heavy (non-hydrogen) atoms. The standard InChI is InChI=1S/C12H13N3/c1-9-7-12(5-6-14-9)15-11-4-2-3-10(13)8-11/h2-8H,13H2,1H3,(H,14,15). The van der Waals surface area contributed by atoms with Gasteiger partial charge in [0.2, 0.25) is 0 Å². The van der Waals surface area contributed by atoms with Gasteiger partial charge in [0.1, 0.15) is 0 Å². The van der Waals surface area contributed by atoms with Gasteiger partial charge in [-0.05, 0) is 37.3 Å². The predicted octanol–water partition coefficient (Wildman–Crippen LogP) is 2.72. The molecule has 0 saturated carbocycles. The van der Waals surface area contributed by atoms with Crippen LogP contribution in [0.3, 0.4) is 0 Å². The number of nitrogens with zero attached hydrogens (tertiary/aromatic N) is 1. The number of nitrogens with one attached hydrogen (secondary N) is 1. The summed E-state index contributed by atoms with van der Waals surface area (Å²) >= 11 is 0. The van der Waals surface area contributed by atoms with E-state index in [9.17, 15) is 0 Å². The highest BCUT2D eigenvalue weighted by molar-refractivity contribution is 5.63. The van der Waals surface area contributed by atoms with Crippen LogP contribution in [0.4, 0.5) is 17.1 Å². The molecule has 0 unspecified atom stereocenters. The molecule has 1 aromatic carbocycles. The maximum atomic E-state index is 5.69. The van der Waals surface area contributed by atoms with Gasteiger partial charge in [-0.3, -0.25) is 4.98 Å². The number of hydrogen-bond donors (Lipinski definition) is 2. The number of pyridine rings is 1. The number of aromatic nitrogens is 1. The number of nitrogens with two attached hydrogens (primary N) is 1. The van der Waals surface area contributed by atoms with Crippen molar-refractivity contribution in [2.45, 2.75) is 6.92 Å². The quantitative estimate of drug-likeness (QED) is 0.731. The molecular formula is C12H13N3. The molecule has 3 heteroatoms. The molecule has 1 aromatic heterocycles. The highest BCUT2D eigenvalue weighted by atomic mass is 14.9. The van der Waals surface area contributed by atoms with Crippen LogP contribution in [0, 0.1) is 6.92 Å². The Hall–Kier alpha value is -2.03. The van der Waals surface area contributed by atoms with Gasteiger partial charge in [-0.15, -0.1) is 0 Å². The van der Waals surface area contributed by atoms with E-state index < -0.39 is 0 Å². The normalized spacial score (nSPS) is 9.93. The van der Waals surface area contributed by atoms with Crippen LogP contribution in [0.5, 0.6) is 0 Å².